The maximum Gasteiger partial charge on any atom is 0.159 e. The van der Waals surface area contributed by atoms with Crippen molar-refractivity contribution in [3.63, 3.8) is 0 Å². The number of halogens is 3. The molecule has 2 nitrogen and oxygen atoms in total. The van der Waals surface area contributed by atoms with Crippen LogP contribution in [0.2, 0.25) is 0 Å². The van der Waals surface area contributed by atoms with E-state index in [9.17, 15) is 13.2 Å². The summed E-state index contributed by atoms with van der Waals surface area (Å²) < 4.78 is 52.7. The normalized spacial score (nSPS) is 18.6. The Morgan fingerprint density at radius 3 is 2.29 bits per heavy atom. The monoisotopic (exact) mass is 424 g/mol. The molecular formula is C26H23F3O2. The summed E-state index contributed by atoms with van der Waals surface area (Å²) in [5, 5.41) is 1.12. The molecule has 0 aliphatic carbocycles. The van der Waals surface area contributed by atoms with Gasteiger partial charge in [0.15, 0.2) is 17.9 Å². The van der Waals surface area contributed by atoms with Crippen molar-refractivity contribution in [2.75, 3.05) is 13.2 Å². The Labute approximate surface area is 180 Å². The third-order valence-corrected chi connectivity index (χ3v) is 5.54. The van der Waals surface area contributed by atoms with Crippen molar-refractivity contribution in [1.82, 2.24) is 0 Å². The van der Waals surface area contributed by atoms with Crippen LogP contribution in [-0.4, -0.2) is 19.5 Å². The van der Waals surface area contributed by atoms with E-state index < -0.39 is 17.5 Å². The molecule has 1 aliphatic heterocycles. The minimum Gasteiger partial charge on any atom is -0.352 e. The van der Waals surface area contributed by atoms with Gasteiger partial charge in [-0.05, 0) is 65.6 Å². The molecule has 3 aromatic rings. The Bertz CT molecular complexity index is 1140. The van der Waals surface area contributed by atoms with Crippen molar-refractivity contribution in [3.05, 3.63) is 82.7 Å². The van der Waals surface area contributed by atoms with Crippen LogP contribution in [0.15, 0.2) is 48.5 Å². The molecule has 1 saturated heterocycles. The molecule has 5 heteroatoms. The van der Waals surface area contributed by atoms with Crippen LogP contribution < -0.4 is 0 Å². The van der Waals surface area contributed by atoms with Gasteiger partial charge in [-0.25, -0.2) is 13.2 Å². The summed E-state index contributed by atoms with van der Waals surface area (Å²) in [6.45, 7) is 3.53. The lowest BCUT2D eigenvalue weighted by Gasteiger charge is -2.28. The highest BCUT2D eigenvalue weighted by Crippen LogP contribution is 2.21. The topological polar surface area (TPSA) is 18.5 Å². The molecule has 31 heavy (non-hydrogen) atoms. The number of hydrogen-bond acceptors (Lipinski definition) is 2. The van der Waals surface area contributed by atoms with Crippen LogP contribution in [0.1, 0.15) is 36.5 Å². The van der Waals surface area contributed by atoms with Crippen LogP contribution >= 0.6 is 0 Å². The molecule has 1 aliphatic rings. The number of rotatable bonds is 4. The highest BCUT2D eigenvalue weighted by atomic mass is 19.2. The quantitative estimate of drug-likeness (QED) is 0.479. The zero-order chi connectivity index (χ0) is 21.8. The molecular weight excluding hydrogens is 401 g/mol. The minimum absolute atomic E-state index is 0.239. The third-order valence-electron chi connectivity index (χ3n) is 5.54. The van der Waals surface area contributed by atoms with Crippen molar-refractivity contribution < 1.29 is 22.6 Å². The van der Waals surface area contributed by atoms with Gasteiger partial charge in [0, 0.05) is 17.9 Å². The molecule has 0 spiro atoms. The van der Waals surface area contributed by atoms with Gasteiger partial charge in [0.05, 0.1) is 18.8 Å². The van der Waals surface area contributed by atoms with E-state index in [2.05, 4.69) is 18.8 Å². The predicted octanol–water partition coefficient (Wildman–Crippen LogP) is 5.99. The summed E-state index contributed by atoms with van der Waals surface area (Å²) in [4.78, 5) is 0. The predicted molar refractivity (Wildman–Crippen MR) is 114 cm³/mol. The van der Waals surface area contributed by atoms with Crippen LogP contribution in [0.4, 0.5) is 13.2 Å². The van der Waals surface area contributed by atoms with Gasteiger partial charge in [0.25, 0.3) is 0 Å². The summed E-state index contributed by atoms with van der Waals surface area (Å²) in [6.07, 6.45) is 2.12. The summed E-state index contributed by atoms with van der Waals surface area (Å²) >= 11 is 0. The Morgan fingerprint density at radius 2 is 1.58 bits per heavy atom. The Kier molecular flexibility index (Phi) is 6.60. The second-order valence-corrected chi connectivity index (χ2v) is 7.80. The van der Waals surface area contributed by atoms with Crippen LogP contribution in [-0.2, 0) is 15.9 Å². The molecule has 4 rings (SSSR count). The van der Waals surface area contributed by atoms with Gasteiger partial charge in [-0.3, -0.25) is 0 Å². The van der Waals surface area contributed by atoms with Crippen molar-refractivity contribution in [2.45, 2.75) is 32.5 Å². The average Bonchev–Trinajstić information content (AvgIpc) is 2.78. The molecule has 0 radical (unpaired) electrons. The van der Waals surface area contributed by atoms with E-state index in [1.807, 2.05) is 6.07 Å². The molecule has 0 saturated carbocycles. The molecule has 0 unspecified atom stereocenters. The fourth-order valence-corrected chi connectivity index (χ4v) is 3.54. The molecule has 0 atom stereocenters. The number of aryl methyl sites for hydroxylation is 1. The van der Waals surface area contributed by atoms with Gasteiger partial charge in [-0.1, -0.05) is 30.9 Å². The van der Waals surface area contributed by atoms with Crippen molar-refractivity contribution in [3.8, 4) is 11.8 Å². The summed E-state index contributed by atoms with van der Waals surface area (Å²) in [7, 11) is 0. The van der Waals surface area contributed by atoms with Gasteiger partial charge in [-0.15, -0.1) is 0 Å². The average molecular weight is 424 g/mol. The molecule has 1 fully saturated rings. The maximum absolute atomic E-state index is 14.5. The van der Waals surface area contributed by atoms with Gasteiger partial charge in [0.2, 0.25) is 0 Å². The first-order valence-electron chi connectivity index (χ1n) is 10.4. The smallest absolute Gasteiger partial charge is 0.159 e. The summed E-state index contributed by atoms with van der Waals surface area (Å²) in [5.74, 6) is 3.98. The molecule has 1 heterocycles. The lowest BCUT2D eigenvalue weighted by molar-refractivity contribution is -0.202. The Hall–Kier alpha value is -2.81. The van der Waals surface area contributed by atoms with Crippen molar-refractivity contribution in [2.24, 2.45) is 5.92 Å². The van der Waals surface area contributed by atoms with Crippen LogP contribution in [0.5, 0.6) is 0 Å². The summed E-state index contributed by atoms with van der Waals surface area (Å²) in [6, 6.07) is 12.3. The SMILES string of the molecule is CCC1COC(CCc2ccc(C#Cc3ccc4cc(F)c(F)cc4c3)c(F)c2)OC1. The van der Waals surface area contributed by atoms with Crippen LogP contribution in [0.25, 0.3) is 10.8 Å². The highest BCUT2D eigenvalue weighted by Gasteiger charge is 2.20. The second kappa shape index (κ2) is 9.55. The Morgan fingerprint density at radius 1 is 0.839 bits per heavy atom. The number of benzene rings is 3. The standard InChI is InChI=1S/C26H23F3O2/c1-2-17-15-30-26(31-16-17)10-6-19-4-8-20(23(27)12-19)7-3-18-5-9-21-13-24(28)25(29)14-22(21)11-18/h4-5,8-9,11-14,17,26H,2,6,10,15-16H2,1H3. The molecule has 3 aromatic carbocycles. The van der Waals surface area contributed by atoms with E-state index in [4.69, 9.17) is 9.47 Å². The maximum atomic E-state index is 14.5. The Balaban J connectivity index is 1.42. The zero-order valence-electron chi connectivity index (χ0n) is 17.3. The number of hydrogen-bond donors (Lipinski definition) is 0. The summed E-state index contributed by atoms with van der Waals surface area (Å²) in [5.41, 5.74) is 1.74. The van der Waals surface area contributed by atoms with Crippen molar-refractivity contribution in [1.29, 1.82) is 0 Å². The van der Waals surface area contributed by atoms with Gasteiger partial charge in [-0.2, -0.15) is 0 Å². The van der Waals surface area contributed by atoms with E-state index in [0.29, 0.717) is 48.3 Å². The van der Waals surface area contributed by atoms with Gasteiger partial charge < -0.3 is 9.47 Å². The van der Waals surface area contributed by atoms with E-state index in [1.54, 1.807) is 24.3 Å². The van der Waals surface area contributed by atoms with E-state index in [1.165, 1.54) is 6.07 Å². The van der Waals surface area contributed by atoms with E-state index in [0.717, 1.165) is 24.1 Å². The first-order valence-corrected chi connectivity index (χ1v) is 10.4. The molecule has 0 N–H and O–H groups in total. The number of fused-ring (bicyclic) bond motifs is 1. The lowest BCUT2D eigenvalue weighted by Crippen LogP contribution is -2.32. The van der Waals surface area contributed by atoms with Crippen LogP contribution in [0, 0.1) is 35.2 Å². The third kappa shape index (κ3) is 5.28. The largest absolute Gasteiger partial charge is 0.352 e. The lowest BCUT2D eigenvalue weighted by atomic mass is 10.0. The molecule has 160 valence electrons. The molecule has 0 aromatic heterocycles. The minimum atomic E-state index is -0.909. The van der Waals surface area contributed by atoms with E-state index in [-0.39, 0.29) is 11.9 Å². The van der Waals surface area contributed by atoms with Crippen molar-refractivity contribution >= 4 is 10.8 Å². The van der Waals surface area contributed by atoms with Gasteiger partial charge >= 0.3 is 0 Å². The fraction of sp³-hybridized carbons (Fsp3) is 0.308. The van der Waals surface area contributed by atoms with E-state index >= 15 is 0 Å². The molecule has 0 bridgehead atoms. The second-order valence-electron chi connectivity index (χ2n) is 7.80. The first-order chi connectivity index (χ1) is 15.0. The number of ether oxygens (including phenoxy) is 2. The van der Waals surface area contributed by atoms with Gasteiger partial charge in [0.1, 0.15) is 5.82 Å². The fourth-order valence-electron chi connectivity index (χ4n) is 3.54. The zero-order valence-corrected chi connectivity index (χ0v) is 17.3. The molecule has 0 amide bonds. The van der Waals surface area contributed by atoms with Crippen LogP contribution in [0.3, 0.4) is 0 Å². The highest BCUT2D eigenvalue weighted by molar-refractivity contribution is 5.84. The first kappa shape index (κ1) is 21.4.